The van der Waals surface area contributed by atoms with Gasteiger partial charge in [-0.05, 0) is 56.7 Å². The summed E-state index contributed by atoms with van der Waals surface area (Å²) in [5, 5.41) is 8.18. The topological polar surface area (TPSA) is 141 Å². The molecule has 1 aromatic heterocycles. The van der Waals surface area contributed by atoms with E-state index in [1.165, 1.54) is 0 Å². The van der Waals surface area contributed by atoms with Crippen LogP contribution in [-0.2, 0) is 20.9 Å². The minimum atomic E-state index is -1.15. The molecule has 2 aromatic carbocycles. The van der Waals surface area contributed by atoms with Gasteiger partial charge in [0.05, 0.1) is 6.54 Å². The van der Waals surface area contributed by atoms with Gasteiger partial charge in [0.25, 0.3) is 5.91 Å². The Morgan fingerprint density at radius 1 is 0.923 bits per heavy atom. The molecular weight excluding hydrogens is 502 g/mol. The molecule has 11 nitrogen and oxygen atoms in total. The molecule has 0 fully saturated rings. The minimum absolute atomic E-state index is 0.0323. The van der Waals surface area contributed by atoms with Gasteiger partial charge in [-0.3, -0.25) is 4.79 Å². The van der Waals surface area contributed by atoms with Gasteiger partial charge in [-0.15, -0.1) is 0 Å². The fourth-order valence-electron chi connectivity index (χ4n) is 3.19. The van der Waals surface area contributed by atoms with E-state index in [1.807, 2.05) is 30.3 Å². The van der Waals surface area contributed by atoms with E-state index in [0.29, 0.717) is 30.4 Å². The number of esters is 1. The first-order chi connectivity index (χ1) is 18.7. The number of benzene rings is 2. The Labute approximate surface area is 227 Å². The number of nitrogens with one attached hydrogen (secondary N) is 3. The number of alkyl carbamates (subject to hydrolysis) is 1. The number of anilines is 1. The van der Waals surface area contributed by atoms with E-state index in [1.54, 1.807) is 63.5 Å². The molecule has 3 aromatic rings. The van der Waals surface area contributed by atoms with Crippen LogP contribution < -0.4 is 20.7 Å². The van der Waals surface area contributed by atoms with Gasteiger partial charge in [0, 0.05) is 24.5 Å². The number of hydrogen-bond donors (Lipinski definition) is 3. The lowest BCUT2D eigenvalue weighted by molar-refractivity contribution is -0.157. The van der Waals surface area contributed by atoms with Crippen molar-refractivity contribution in [3.8, 4) is 5.75 Å². The van der Waals surface area contributed by atoms with Crippen LogP contribution in [0.1, 0.15) is 36.7 Å². The van der Waals surface area contributed by atoms with Crippen molar-refractivity contribution in [3.05, 3.63) is 84.2 Å². The second kappa shape index (κ2) is 14.3. The van der Waals surface area contributed by atoms with Gasteiger partial charge in [-0.25, -0.2) is 19.6 Å². The Morgan fingerprint density at radius 2 is 1.62 bits per heavy atom. The van der Waals surface area contributed by atoms with Crippen molar-refractivity contribution in [3.63, 3.8) is 0 Å². The van der Waals surface area contributed by atoms with Crippen molar-refractivity contribution >= 4 is 23.9 Å². The highest BCUT2D eigenvalue weighted by molar-refractivity contribution is 5.94. The maximum absolute atomic E-state index is 12.7. The average molecular weight is 536 g/mol. The lowest BCUT2D eigenvalue weighted by Gasteiger charge is -2.24. The Hall–Kier alpha value is -4.67. The highest BCUT2D eigenvalue weighted by atomic mass is 16.6. The highest BCUT2D eigenvalue weighted by Crippen LogP contribution is 2.13. The third-order valence-corrected chi connectivity index (χ3v) is 5.00. The van der Waals surface area contributed by atoms with Gasteiger partial charge in [0.15, 0.2) is 0 Å². The molecule has 0 bridgehead atoms. The number of rotatable bonds is 12. The molecule has 1 heterocycles. The Morgan fingerprint density at radius 3 is 2.28 bits per heavy atom. The molecule has 1 atom stereocenters. The minimum Gasteiger partial charge on any atom is -0.492 e. The second-order valence-electron chi connectivity index (χ2n) is 9.37. The molecule has 11 heteroatoms. The SMILES string of the molecule is CC(C)(C)OC(=O)[C@H](CNC(=O)c1ccc(OCCNc2ncccn2)cc1)NC(=O)OCc1ccccc1. The van der Waals surface area contributed by atoms with Gasteiger partial charge in [0.1, 0.15) is 30.6 Å². The molecule has 39 heavy (non-hydrogen) atoms. The summed E-state index contributed by atoms with van der Waals surface area (Å²) in [4.78, 5) is 45.9. The maximum atomic E-state index is 12.7. The predicted molar refractivity (Wildman–Crippen MR) is 144 cm³/mol. The Bertz CT molecular complexity index is 1200. The molecule has 0 radical (unpaired) electrons. The molecule has 0 aliphatic rings. The third-order valence-electron chi connectivity index (χ3n) is 5.00. The number of hydrogen-bond acceptors (Lipinski definition) is 9. The fraction of sp³-hybridized carbons (Fsp3) is 0.321. The summed E-state index contributed by atoms with van der Waals surface area (Å²) >= 11 is 0. The molecule has 0 aliphatic heterocycles. The maximum Gasteiger partial charge on any atom is 0.408 e. The summed E-state index contributed by atoms with van der Waals surface area (Å²) in [5.74, 6) is -0.0382. The van der Waals surface area contributed by atoms with Gasteiger partial charge >= 0.3 is 12.1 Å². The zero-order valence-corrected chi connectivity index (χ0v) is 22.2. The number of aromatic nitrogens is 2. The lowest BCUT2D eigenvalue weighted by atomic mass is 10.1. The number of carbonyl (C=O) groups excluding carboxylic acids is 3. The fourth-order valence-corrected chi connectivity index (χ4v) is 3.19. The molecule has 0 saturated heterocycles. The van der Waals surface area contributed by atoms with Crippen LogP contribution in [0.2, 0.25) is 0 Å². The van der Waals surface area contributed by atoms with E-state index in [9.17, 15) is 14.4 Å². The largest absolute Gasteiger partial charge is 0.492 e. The molecule has 0 unspecified atom stereocenters. The standard InChI is InChI=1S/C28H33N5O6/c1-28(2,3)39-25(35)23(33-27(36)38-19-20-8-5-4-6-9-20)18-32-24(34)21-10-12-22(13-11-21)37-17-16-31-26-29-14-7-15-30-26/h4-15,23H,16-19H2,1-3H3,(H,32,34)(H,33,36)(H,29,30,31)/t23-/m0/s1. The first kappa shape index (κ1) is 28.9. The van der Waals surface area contributed by atoms with E-state index in [4.69, 9.17) is 14.2 Å². The van der Waals surface area contributed by atoms with Crippen LogP contribution in [0.5, 0.6) is 5.75 Å². The molecular formula is C28H33N5O6. The monoisotopic (exact) mass is 535 g/mol. The molecule has 3 rings (SSSR count). The molecule has 0 aliphatic carbocycles. The summed E-state index contributed by atoms with van der Waals surface area (Å²) in [6.45, 7) is 5.84. The van der Waals surface area contributed by atoms with Crippen LogP contribution in [-0.4, -0.2) is 59.3 Å². The number of carbonyl (C=O) groups is 3. The van der Waals surface area contributed by atoms with Gasteiger partial charge in [-0.2, -0.15) is 0 Å². The number of amides is 2. The van der Waals surface area contributed by atoms with E-state index >= 15 is 0 Å². The number of nitrogens with zero attached hydrogens (tertiary/aromatic N) is 2. The van der Waals surface area contributed by atoms with Crippen molar-refractivity contribution in [1.29, 1.82) is 0 Å². The molecule has 2 amide bonds. The van der Waals surface area contributed by atoms with Crippen LogP contribution in [0.4, 0.5) is 10.7 Å². The first-order valence-electron chi connectivity index (χ1n) is 12.4. The Balaban J connectivity index is 1.49. The van der Waals surface area contributed by atoms with Gasteiger partial charge in [-0.1, -0.05) is 30.3 Å². The summed E-state index contributed by atoms with van der Waals surface area (Å²) in [5.41, 5.74) is 0.366. The van der Waals surface area contributed by atoms with Crippen molar-refractivity contribution in [2.24, 2.45) is 0 Å². The summed E-state index contributed by atoms with van der Waals surface area (Å²) in [6, 6.07) is 16.2. The zero-order chi connectivity index (χ0) is 28.1. The average Bonchev–Trinajstić information content (AvgIpc) is 2.92. The van der Waals surface area contributed by atoms with Crippen molar-refractivity contribution in [1.82, 2.24) is 20.6 Å². The third kappa shape index (κ3) is 10.7. The van der Waals surface area contributed by atoms with E-state index < -0.39 is 29.6 Å². The lowest BCUT2D eigenvalue weighted by Crippen LogP contribution is -2.50. The van der Waals surface area contributed by atoms with Crippen LogP contribution >= 0.6 is 0 Å². The summed E-state index contributed by atoms with van der Waals surface area (Å²) < 4.78 is 16.3. The van der Waals surface area contributed by atoms with Gasteiger partial charge < -0.3 is 30.2 Å². The summed E-state index contributed by atoms with van der Waals surface area (Å²) in [6.07, 6.45) is 2.48. The molecule has 206 valence electrons. The van der Waals surface area contributed by atoms with Crippen LogP contribution in [0, 0.1) is 0 Å². The van der Waals surface area contributed by atoms with Crippen LogP contribution in [0.15, 0.2) is 73.1 Å². The van der Waals surface area contributed by atoms with E-state index in [-0.39, 0.29) is 13.2 Å². The van der Waals surface area contributed by atoms with Crippen LogP contribution in [0.25, 0.3) is 0 Å². The second-order valence-corrected chi connectivity index (χ2v) is 9.37. The van der Waals surface area contributed by atoms with E-state index in [0.717, 1.165) is 5.56 Å². The van der Waals surface area contributed by atoms with E-state index in [2.05, 4.69) is 25.9 Å². The number of ether oxygens (including phenoxy) is 3. The molecule has 3 N–H and O–H groups in total. The highest BCUT2D eigenvalue weighted by Gasteiger charge is 2.28. The molecule has 0 saturated carbocycles. The summed E-state index contributed by atoms with van der Waals surface area (Å²) in [7, 11) is 0. The normalized spacial score (nSPS) is 11.6. The van der Waals surface area contributed by atoms with Crippen LogP contribution in [0.3, 0.4) is 0 Å². The van der Waals surface area contributed by atoms with Crippen molar-refractivity contribution < 1.29 is 28.6 Å². The molecule has 0 spiro atoms. The smallest absolute Gasteiger partial charge is 0.408 e. The van der Waals surface area contributed by atoms with Crippen molar-refractivity contribution in [2.75, 3.05) is 25.0 Å². The van der Waals surface area contributed by atoms with Gasteiger partial charge in [0.2, 0.25) is 5.95 Å². The quantitative estimate of drug-likeness (QED) is 0.235. The first-order valence-corrected chi connectivity index (χ1v) is 12.4. The predicted octanol–water partition coefficient (Wildman–Crippen LogP) is 3.33. The van der Waals surface area contributed by atoms with Crippen molar-refractivity contribution in [2.45, 2.75) is 39.0 Å². The Kier molecular flexibility index (Phi) is 10.6. The zero-order valence-electron chi connectivity index (χ0n) is 22.2.